The van der Waals surface area contributed by atoms with Gasteiger partial charge in [-0.15, -0.1) is 11.6 Å². The molecule has 1 N–H and O–H groups in total. The van der Waals surface area contributed by atoms with Crippen molar-refractivity contribution in [1.29, 1.82) is 0 Å². The predicted molar refractivity (Wildman–Crippen MR) is 75.6 cm³/mol. The van der Waals surface area contributed by atoms with Gasteiger partial charge in [-0.05, 0) is 24.0 Å². The minimum Gasteiger partial charge on any atom is -0.377 e. The molecule has 1 aliphatic heterocycles. The number of alkyl halides is 1. The second-order valence-corrected chi connectivity index (χ2v) is 6.81. The van der Waals surface area contributed by atoms with Crippen LogP contribution < -0.4 is 4.72 Å². The summed E-state index contributed by atoms with van der Waals surface area (Å²) in [7, 11) is -3.28. The van der Waals surface area contributed by atoms with Gasteiger partial charge >= 0.3 is 0 Å². The van der Waals surface area contributed by atoms with Gasteiger partial charge in [0.15, 0.2) is 0 Å². The molecule has 1 fully saturated rings. The van der Waals surface area contributed by atoms with Crippen molar-refractivity contribution in [3.63, 3.8) is 0 Å². The lowest BCUT2D eigenvalue weighted by Gasteiger charge is -2.11. The summed E-state index contributed by atoms with van der Waals surface area (Å²) in [5, 5.41) is 0. The molecular formula is C13H18ClNO3S. The third kappa shape index (κ3) is 4.76. The normalized spacial score (nSPS) is 19.7. The molecule has 2 rings (SSSR count). The highest BCUT2D eigenvalue weighted by Crippen LogP contribution is 2.14. The van der Waals surface area contributed by atoms with Gasteiger partial charge in [0.05, 0.1) is 11.9 Å². The van der Waals surface area contributed by atoms with Crippen LogP contribution in [-0.2, 0) is 27.2 Å². The first kappa shape index (κ1) is 14.8. The lowest BCUT2D eigenvalue weighted by Crippen LogP contribution is -2.31. The van der Waals surface area contributed by atoms with Gasteiger partial charge in [-0.1, -0.05) is 24.3 Å². The fourth-order valence-corrected chi connectivity index (χ4v) is 3.45. The van der Waals surface area contributed by atoms with Gasteiger partial charge in [-0.25, -0.2) is 13.1 Å². The van der Waals surface area contributed by atoms with Crippen LogP contribution in [0.25, 0.3) is 0 Å². The van der Waals surface area contributed by atoms with E-state index in [9.17, 15) is 8.42 Å². The Balaban J connectivity index is 1.85. The zero-order valence-electron chi connectivity index (χ0n) is 10.6. The molecule has 0 radical (unpaired) electrons. The second kappa shape index (κ2) is 6.70. The fraction of sp³-hybridized carbons (Fsp3) is 0.538. The van der Waals surface area contributed by atoms with Crippen LogP contribution in [0.3, 0.4) is 0 Å². The summed E-state index contributed by atoms with van der Waals surface area (Å²) in [5.74, 6) is 0.512. The number of nitrogens with one attached hydrogen (secondary N) is 1. The number of hydrogen-bond donors (Lipinski definition) is 1. The van der Waals surface area contributed by atoms with Crippen molar-refractivity contribution in [2.75, 3.05) is 12.4 Å². The Morgan fingerprint density at radius 3 is 2.53 bits per heavy atom. The van der Waals surface area contributed by atoms with Crippen molar-refractivity contribution in [3.8, 4) is 0 Å². The van der Waals surface area contributed by atoms with E-state index in [2.05, 4.69) is 4.72 Å². The number of rotatable bonds is 6. The summed E-state index contributed by atoms with van der Waals surface area (Å²) in [4.78, 5) is 0. The van der Waals surface area contributed by atoms with Crippen LogP contribution in [0.4, 0.5) is 0 Å². The highest BCUT2D eigenvalue weighted by molar-refractivity contribution is 7.89. The van der Waals surface area contributed by atoms with E-state index in [4.69, 9.17) is 16.3 Å². The molecule has 0 bridgehead atoms. The minimum atomic E-state index is -3.28. The maximum absolute atomic E-state index is 11.9. The SMILES string of the molecule is O=S(=O)(CC1CCCO1)NCc1ccc(CCl)cc1. The van der Waals surface area contributed by atoms with Crippen molar-refractivity contribution in [1.82, 2.24) is 4.72 Å². The maximum Gasteiger partial charge on any atom is 0.214 e. The van der Waals surface area contributed by atoms with E-state index < -0.39 is 10.0 Å². The average molecular weight is 304 g/mol. The first-order chi connectivity index (χ1) is 9.09. The standard InChI is InChI=1S/C13H18ClNO3S/c14-8-11-3-5-12(6-4-11)9-15-19(16,17)10-13-2-1-7-18-13/h3-6,13,15H,1-2,7-10H2. The lowest BCUT2D eigenvalue weighted by atomic mass is 10.1. The van der Waals surface area contributed by atoms with Crippen LogP contribution in [-0.4, -0.2) is 26.9 Å². The Morgan fingerprint density at radius 2 is 1.95 bits per heavy atom. The highest BCUT2D eigenvalue weighted by atomic mass is 35.5. The Labute approximate surface area is 119 Å². The molecule has 1 atom stereocenters. The summed E-state index contributed by atoms with van der Waals surface area (Å²) in [6.07, 6.45) is 1.61. The van der Waals surface area contributed by atoms with Gasteiger partial charge in [-0.2, -0.15) is 0 Å². The van der Waals surface area contributed by atoms with Crippen molar-refractivity contribution in [2.24, 2.45) is 0 Å². The van der Waals surface area contributed by atoms with Crippen LogP contribution in [0.5, 0.6) is 0 Å². The third-order valence-electron chi connectivity index (χ3n) is 3.10. The Hall–Kier alpha value is -0.620. The second-order valence-electron chi connectivity index (χ2n) is 4.69. The van der Waals surface area contributed by atoms with Crippen molar-refractivity contribution in [3.05, 3.63) is 35.4 Å². The number of halogens is 1. The molecule has 106 valence electrons. The molecule has 0 aromatic heterocycles. The minimum absolute atomic E-state index is 0.0484. The van der Waals surface area contributed by atoms with Gasteiger partial charge in [0.1, 0.15) is 0 Å². The topological polar surface area (TPSA) is 55.4 Å². The van der Waals surface area contributed by atoms with Crippen LogP contribution in [0.15, 0.2) is 24.3 Å². The number of hydrogen-bond acceptors (Lipinski definition) is 3. The fourth-order valence-electron chi connectivity index (χ4n) is 2.02. The van der Waals surface area contributed by atoms with E-state index in [0.717, 1.165) is 24.0 Å². The third-order valence-corrected chi connectivity index (χ3v) is 4.81. The molecule has 0 saturated carbocycles. The summed E-state index contributed by atoms with van der Waals surface area (Å²) in [6.45, 7) is 0.970. The van der Waals surface area contributed by atoms with Crippen LogP contribution in [0, 0.1) is 0 Å². The average Bonchev–Trinajstić information content (AvgIpc) is 2.89. The van der Waals surface area contributed by atoms with E-state index in [1.54, 1.807) is 0 Å². The molecule has 0 amide bonds. The molecule has 1 saturated heterocycles. The number of sulfonamides is 1. The molecule has 1 heterocycles. The maximum atomic E-state index is 11.9. The molecule has 19 heavy (non-hydrogen) atoms. The monoisotopic (exact) mass is 303 g/mol. The van der Waals surface area contributed by atoms with Crippen molar-refractivity contribution >= 4 is 21.6 Å². The molecule has 1 aromatic carbocycles. The smallest absolute Gasteiger partial charge is 0.214 e. The molecule has 0 aliphatic carbocycles. The molecule has 0 spiro atoms. The van der Waals surface area contributed by atoms with E-state index in [0.29, 0.717) is 19.0 Å². The van der Waals surface area contributed by atoms with E-state index in [1.807, 2.05) is 24.3 Å². The van der Waals surface area contributed by atoms with Crippen LogP contribution in [0.2, 0.25) is 0 Å². The summed E-state index contributed by atoms with van der Waals surface area (Å²) >= 11 is 5.70. The molecule has 4 nitrogen and oxygen atoms in total. The van der Waals surface area contributed by atoms with Gasteiger partial charge in [0.2, 0.25) is 10.0 Å². The summed E-state index contributed by atoms with van der Waals surface area (Å²) in [6, 6.07) is 7.56. The number of ether oxygens (including phenoxy) is 1. The molecule has 1 unspecified atom stereocenters. The van der Waals surface area contributed by atoms with Gasteiger partial charge < -0.3 is 4.74 Å². The summed E-state index contributed by atoms with van der Waals surface area (Å²) < 4.78 is 31.7. The Kier molecular flexibility index (Phi) is 5.21. The largest absolute Gasteiger partial charge is 0.377 e. The molecule has 6 heteroatoms. The van der Waals surface area contributed by atoms with Crippen LogP contribution >= 0.6 is 11.6 Å². The first-order valence-electron chi connectivity index (χ1n) is 6.32. The van der Waals surface area contributed by atoms with Gasteiger partial charge in [0.25, 0.3) is 0 Å². The van der Waals surface area contributed by atoms with E-state index in [1.165, 1.54) is 0 Å². The first-order valence-corrected chi connectivity index (χ1v) is 8.50. The van der Waals surface area contributed by atoms with Crippen molar-refractivity contribution < 1.29 is 13.2 Å². The number of benzene rings is 1. The zero-order chi connectivity index (χ0) is 13.7. The Morgan fingerprint density at radius 1 is 1.26 bits per heavy atom. The molecular weight excluding hydrogens is 286 g/mol. The van der Waals surface area contributed by atoms with Gasteiger partial charge in [-0.3, -0.25) is 0 Å². The van der Waals surface area contributed by atoms with E-state index >= 15 is 0 Å². The zero-order valence-corrected chi connectivity index (χ0v) is 12.2. The molecule has 1 aliphatic rings. The lowest BCUT2D eigenvalue weighted by molar-refractivity contribution is 0.127. The Bertz CT molecular complexity index is 495. The van der Waals surface area contributed by atoms with Gasteiger partial charge in [0, 0.05) is 19.0 Å². The summed E-state index contributed by atoms with van der Waals surface area (Å²) in [5.41, 5.74) is 1.94. The van der Waals surface area contributed by atoms with E-state index in [-0.39, 0.29) is 11.9 Å². The quantitative estimate of drug-likeness (QED) is 0.818. The highest BCUT2D eigenvalue weighted by Gasteiger charge is 2.22. The molecule has 1 aromatic rings. The van der Waals surface area contributed by atoms with Crippen molar-refractivity contribution in [2.45, 2.75) is 31.4 Å². The predicted octanol–water partition coefficient (Wildman–Crippen LogP) is 2.02. The van der Waals surface area contributed by atoms with Crippen LogP contribution in [0.1, 0.15) is 24.0 Å².